The number of hydrogen-bond donors (Lipinski definition) is 1. The number of aromatic nitrogens is 3. The van der Waals surface area contributed by atoms with Crippen LogP contribution in [0.5, 0.6) is 0 Å². The molecule has 0 aliphatic heterocycles. The third-order valence-electron chi connectivity index (χ3n) is 4.21. The Bertz CT molecular complexity index is 1060. The van der Waals surface area contributed by atoms with Crippen LogP contribution in [0, 0.1) is 11.3 Å². The summed E-state index contributed by atoms with van der Waals surface area (Å²) >= 11 is 7.41. The van der Waals surface area contributed by atoms with Crippen molar-refractivity contribution in [3.05, 3.63) is 63.9 Å². The highest BCUT2D eigenvalue weighted by molar-refractivity contribution is 7.15. The van der Waals surface area contributed by atoms with Crippen LogP contribution in [0.3, 0.4) is 0 Å². The van der Waals surface area contributed by atoms with E-state index in [-0.39, 0.29) is 5.57 Å². The zero-order valence-corrected chi connectivity index (χ0v) is 17.5. The first-order valence-corrected chi connectivity index (χ1v) is 10.5. The Kier molecular flexibility index (Phi) is 7.17. The number of hydrogen-bond acceptors (Lipinski definition) is 5. The lowest BCUT2D eigenvalue weighted by Crippen LogP contribution is -2.13. The van der Waals surface area contributed by atoms with Gasteiger partial charge in [-0.2, -0.15) is 5.26 Å². The second-order valence-electron chi connectivity index (χ2n) is 6.36. The summed E-state index contributed by atoms with van der Waals surface area (Å²) in [5.41, 5.74) is 1.51. The molecule has 0 saturated heterocycles. The molecule has 6 nitrogen and oxygen atoms in total. The van der Waals surface area contributed by atoms with Gasteiger partial charge in [0.2, 0.25) is 5.13 Å². The van der Waals surface area contributed by atoms with Crippen LogP contribution in [0.4, 0.5) is 5.13 Å². The lowest BCUT2D eigenvalue weighted by molar-refractivity contribution is -0.112. The van der Waals surface area contributed by atoms with Crippen molar-refractivity contribution in [3.63, 3.8) is 0 Å². The van der Waals surface area contributed by atoms with E-state index in [1.54, 1.807) is 12.1 Å². The van der Waals surface area contributed by atoms with E-state index in [1.807, 2.05) is 47.2 Å². The molecule has 29 heavy (non-hydrogen) atoms. The average molecular weight is 426 g/mol. The summed E-state index contributed by atoms with van der Waals surface area (Å²) in [6.45, 7) is 2.14. The van der Waals surface area contributed by atoms with Crippen molar-refractivity contribution in [2.45, 2.75) is 32.6 Å². The third kappa shape index (κ3) is 5.53. The van der Waals surface area contributed by atoms with Crippen LogP contribution in [0.15, 0.2) is 48.2 Å². The highest BCUT2D eigenvalue weighted by atomic mass is 35.5. The Morgan fingerprint density at radius 3 is 2.93 bits per heavy atom. The Hall–Kier alpha value is -2.95. The standard InChI is InChI=1S/C21H20ClN5OS/c1-2-3-4-10-19-25-26-21(29-19)24-20(28)15(14-23)12-17-9-6-11-27(17)18-8-5-7-16(22)13-18/h5-9,11-13H,2-4,10H2,1H3,(H,24,26,28). The largest absolute Gasteiger partial charge is 0.317 e. The van der Waals surface area contributed by atoms with Gasteiger partial charge in [-0.05, 0) is 42.8 Å². The first-order chi connectivity index (χ1) is 14.1. The van der Waals surface area contributed by atoms with Gasteiger partial charge in [0, 0.05) is 29.0 Å². The molecule has 0 spiro atoms. The van der Waals surface area contributed by atoms with Gasteiger partial charge in [-0.25, -0.2) is 0 Å². The quantitative estimate of drug-likeness (QED) is 0.303. The van der Waals surface area contributed by atoms with Gasteiger partial charge in [0.15, 0.2) is 0 Å². The van der Waals surface area contributed by atoms with Gasteiger partial charge in [-0.1, -0.05) is 48.8 Å². The lowest BCUT2D eigenvalue weighted by Gasteiger charge is -2.07. The van der Waals surface area contributed by atoms with E-state index in [2.05, 4.69) is 22.4 Å². The second kappa shape index (κ2) is 10.0. The third-order valence-corrected chi connectivity index (χ3v) is 5.34. The summed E-state index contributed by atoms with van der Waals surface area (Å²) in [6.07, 6.45) is 7.54. The molecule has 3 rings (SSSR count). The zero-order valence-electron chi connectivity index (χ0n) is 15.9. The van der Waals surface area contributed by atoms with E-state index in [1.165, 1.54) is 11.3 Å². The number of rotatable bonds is 8. The van der Waals surface area contributed by atoms with Gasteiger partial charge in [-0.15, -0.1) is 10.2 Å². The summed E-state index contributed by atoms with van der Waals surface area (Å²) in [6, 6.07) is 13.0. The number of benzene rings is 1. The highest BCUT2D eigenvalue weighted by Crippen LogP contribution is 2.21. The Labute approximate surface area is 178 Å². The Morgan fingerprint density at radius 1 is 1.31 bits per heavy atom. The van der Waals surface area contributed by atoms with E-state index < -0.39 is 5.91 Å². The molecule has 0 saturated carbocycles. The maximum Gasteiger partial charge on any atom is 0.268 e. The number of aryl methyl sites for hydroxylation is 1. The van der Waals surface area contributed by atoms with Crippen molar-refractivity contribution < 1.29 is 4.79 Å². The molecular formula is C21H20ClN5OS. The minimum atomic E-state index is -0.511. The van der Waals surface area contributed by atoms with Crippen molar-refractivity contribution in [3.8, 4) is 11.8 Å². The summed E-state index contributed by atoms with van der Waals surface area (Å²) in [5.74, 6) is -0.511. The zero-order chi connectivity index (χ0) is 20.6. The van der Waals surface area contributed by atoms with E-state index in [0.717, 1.165) is 36.4 Å². The minimum absolute atomic E-state index is 0.0188. The molecule has 148 valence electrons. The topological polar surface area (TPSA) is 83.6 Å². The van der Waals surface area contributed by atoms with E-state index in [9.17, 15) is 10.1 Å². The molecule has 3 aromatic rings. The lowest BCUT2D eigenvalue weighted by atomic mass is 10.2. The smallest absolute Gasteiger partial charge is 0.268 e. The van der Waals surface area contributed by atoms with Gasteiger partial charge in [0.25, 0.3) is 5.91 Å². The predicted molar refractivity (Wildman–Crippen MR) is 116 cm³/mol. The molecular weight excluding hydrogens is 406 g/mol. The fourth-order valence-corrected chi connectivity index (χ4v) is 3.73. The molecule has 0 bridgehead atoms. The van der Waals surface area contributed by atoms with Crippen molar-refractivity contribution in [2.24, 2.45) is 0 Å². The monoisotopic (exact) mass is 425 g/mol. The second-order valence-corrected chi connectivity index (χ2v) is 7.86. The maximum atomic E-state index is 12.5. The van der Waals surface area contributed by atoms with Crippen LogP contribution in [0.1, 0.15) is 36.9 Å². The average Bonchev–Trinajstić information content (AvgIpc) is 3.35. The molecule has 1 aromatic carbocycles. The van der Waals surface area contributed by atoms with Crippen LogP contribution in [-0.2, 0) is 11.2 Å². The van der Waals surface area contributed by atoms with E-state index in [0.29, 0.717) is 15.8 Å². The summed E-state index contributed by atoms with van der Waals surface area (Å²) < 4.78 is 1.85. The molecule has 0 radical (unpaired) electrons. The number of anilines is 1. The molecule has 0 unspecified atom stereocenters. The molecule has 0 aliphatic rings. The molecule has 0 aliphatic carbocycles. The fraction of sp³-hybridized carbons (Fsp3) is 0.238. The predicted octanol–water partition coefficient (Wildman–Crippen LogP) is 5.26. The summed E-state index contributed by atoms with van der Waals surface area (Å²) in [7, 11) is 0. The number of carbonyl (C=O) groups is 1. The number of nitriles is 1. The van der Waals surface area contributed by atoms with Crippen molar-refractivity contribution in [1.82, 2.24) is 14.8 Å². The number of unbranched alkanes of at least 4 members (excludes halogenated alkanes) is 2. The first kappa shape index (κ1) is 20.8. The maximum absolute atomic E-state index is 12.5. The molecule has 1 N–H and O–H groups in total. The molecule has 2 heterocycles. The number of carbonyl (C=O) groups excluding carboxylic acids is 1. The number of nitrogens with one attached hydrogen (secondary N) is 1. The van der Waals surface area contributed by atoms with Gasteiger partial charge in [-0.3, -0.25) is 10.1 Å². The van der Waals surface area contributed by atoms with Crippen molar-refractivity contribution in [1.29, 1.82) is 5.26 Å². The van der Waals surface area contributed by atoms with Gasteiger partial charge in [0.05, 0.1) is 0 Å². The normalized spacial score (nSPS) is 11.3. The van der Waals surface area contributed by atoms with E-state index >= 15 is 0 Å². The van der Waals surface area contributed by atoms with Gasteiger partial charge in [0.1, 0.15) is 16.6 Å². The van der Waals surface area contributed by atoms with Crippen LogP contribution in [0.25, 0.3) is 11.8 Å². The van der Waals surface area contributed by atoms with Crippen molar-refractivity contribution in [2.75, 3.05) is 5.32 Å². The molecule has 1 amide bonds. The fourth-order valence-electron chi connectivity index (χ4n) is 2.77. The van der Waals surface area contributed by atoms with Crippen LogP contribution < -0.4 is 5.32 Å². The number of amides is 1. The number of halogens is 1. The molecule has 8 heteroatoms. The van der Waals surface area contributed by atoms with Gasteiger partial charge < -0.3 is 4.57 Å². The number of nitrogens with zero attached hydrogens (tertiary/aromatic N) is 4. The van der Waals surface area contributed by atoms with Crippen LogP contribution in [0.2, 0.25) is 5.02 Å². The molecule has 0 atom stereocenters. The summed E-state index contributed by atoms with van der Waals surface area (Å²) in [5, 5.41) is 22.1. The first-order valence-electron chi connectivity index (χ1n) is 9.29. The Morgan fingerprint density at radius 2 is 2.17 bits per heavy atom. The van der Waals surface area contributed by atoms with Crippen molar-refractivity contribution >= 4 is 40.1 Å². The minimum Gasteiger partial charge on any atom is -0.317 e. The highest BCUT2D eigenvalue weighted by Gasteiger charge is 2.14. The summed E-state index contributed by atoms with van der Waals surface area (Å²) in [4.78, 5) is 12.5. The molecule has 2 aromatic heterocycles. The van der Waals surface area contributed by atoms with Crippen LogP contribution >= 0.6 is 22.9 Å². The Balaban J connectivity index is 1.75. The SMILES string of the molecule is CCCCCc1nnc(NC(=O)C(C#N)=Cc2cccn2-c2cccc(Cl)c2)s1. The van der Waals surface area contributed by atoms with Crippen LogP contribution in [-0.4, -0.2) is 20.7 Å². The molecule has 0 fully saturated rings. The van der Waals surface area contributed by atoms with E-state index in [4.69, 9.17) is 11.6 Å². The van der Waals surface area contributed by atoms with Gasteiger partial charge >= 0.3 is 0 Å².